The molecular formula is C11H12N4O. The molecule has 82 valence electrons. The summed E-state index contributed by atoms with van der Waals surface area (Å²) < 4.78 is 5.10. The van der Waals surface area contributed by atoms with Gasteiger partial charge in [-0.25, -0.2) is 0 Å². The minimum Gasteiger partial charge on any atom is -0.335 e. The summed E-state index contributed by atoms with van der Waals surface area (Å²) in [5.41, 5.74) is 1.13. The van der Waals surface area contributed by atoms with Gasteiger partial charge in [0, 0.05) is 24.9 Å². The minimum atomic E-state index is 0.534. The molecule has 2 aromatic rings. The van der Waals surface area contributed by atoms with Crippen molar-refractivity contribution in [3.8, 4) is 0 Å². The van der Waals surface area contributed by atoms with Gasteiger partial charge in [0.25, 0.3) is 0 Å². The number of hydrogen-bond donors (Lipinski definition) is 1. The highest BCUT2D eigenvalue weighted by molar-refractivity contribution is 5.25. The topological polar surface area (TPSA) is 63.8 Å². The molecule has 0 aromatic carbocycles. The minimum absolute atomic E-state index is 0.534. The van der Waals surface area contributed by atoms with Crippen LogP contribution in [0.3, 0.4) is 0 Å². The average molecular weight is 216 g/mol. The first kappa shape index (κ1) is 9.33. The van der Waals surface area contributed by atoms with Crippen LogP contribution in [-0.2, 0) is 6.42 Å². The molecule has 0 radical (unpaired) electrons. The molecule has 0 atom stereocenters. The standard InChI is InChI=1S/C11H12N4O/c1-2-9(1)13-11-14-10(15-16-11)7-8-3-5-12-6-4-8/h3-6,9H,1-2,7H2,(H,13,14,15). The van der Waals surface area contributed by atoms with E-state index in [9.17, 15) is 0 Å². The van der Waals surface area contributed by atoms with E-state index in [-0.39, 0.29) is 0 Å². The molecule has 0 bridgehead atoms. The maximum atomic E-state index is 5.10. The maximum absolute atomic E-state index is 5.10. The number of pyridine rings is 1. The van der Waals surface area contributed by atoms with Crippen molar-refractivity contribution in [2.75, 3.05) is 5.32 Å². The summed E-state index contributed by atoms with van der Waals surface area (Å²) in [7, 11) is 0. The lowest BCUT2D eigenvalue weighted by atomic mass is 10.2. The predicted octanol–water partition coefficient (Wildman–Crippen LogP) is 1.63. The van der Waals surface area contributed by atoms with Crippen LogP contribution in [-0.4, -0.2) is 21.2 Å². The van der Waals surface area contributed by atoms with Crippen LogP contribution in [0.15, 0.2) is 29.0 Å². The van der Waals surface area contributed by atoms with Gasteiger partial charge >= 0.3 is 6.01 Å². The Labute approximate surface area is 92.9 Å². The molecule has 1 N–H and O–H groups in total. The number of hydrogen-bond acceptors (Lipinski definition) is 5. The lowest BCUT2D eigenvalue weighted by molar-refractivity contribution is 0.423. The third-order valence-corrected chi connectivity index (χ3v) is 2.48. The Hall–Kier alpha value is -1.91. The van der Waals surface area contributed by atoms with Crippen molar-refractivity contribution in [1.29, 1.82) is 0 Å². The van der Waals surface area contributed by atoms with E-state index in [0.29, 0.717) is 24.3 Å². The van der Waals surface area contributed by atoms with Gasteiger partial charge in [0.2, 0.25) is 0 Å². The number of aromatic nitrogens is 3. The molecule has 0 spiro atoms. The average Bonchev–Trinajstić information content (AvgIpc) is 3.01. The highest BCUT2D eigenvalue weighted by atomic mass is 16.5. The van der Waals surface area contributed by atoms with Gasteiger partial charge in [-0.15, -0.1) is 0 Å². The summed E-state index contributed by atoms with van der Waals surface area (Å²) in [4.78, 5) is 8.24. The highest BCUT2D eigenvalue weighted by Crippen LogP contribution is 2.23. The number of nitrogens with one attached hydrogen (secondary N) is 1. The van der Waals surface area contributed by atoms with Crippen molar-refractivity contribution in [2.24, 2.45) is 0 Å². The molecule has 5 heteroatoms. The van der Waals surface area contributed by atoms with E-state index in [1.165, 1.54) is 12.8 Å². The van der Waals surface area contributed by atoms with E-state index in [1.807, 2.05) is 12.1 Å². The summed E-state index contributed by atoms with van der Waals surface area (Å²) in [5, 5.41) is 7.09. The molecule has 3 rings (SSSR count). The summed E-state index contributed by atoms with van der Waals surface area (Å²) in [6.45, 7) is 0. The highest BCUT2D eigenvalue weighted by Gasteiger charge is 2.23. The summed E-state index contributed by atoms with van der Waals surface area (Å²) >= 11 is 0. The van der Waals surface area contributed by atoms with Crippen molar-refractivity contribution in [3.63, 3.8) is 0 Å². The van der Waals surface area contributed by atoms with Crippen LogP contribution in [0.25, 0.3) is 0 Å². The van der Waals surface area contributed by atoms with Gasteiger partial charge in [-0.2, -0.15) is 4.98 Å². The summed E-state index contributed by atoms with van der Waals surface area (Å²) in [6.07, 6.45) is 6.60. The van der Waals surface area contributed by atoms with E-state index in [4.69, 9.17) is 4.52 Å². The molecule has 1 aliphatic carbocycles. The van der Waals surface area contributed by atoms with Crippen LogP contribution in [0.4, 0.5) is 6.01 Å². The van der Waals surface area contributed by atoms with E-state index < -0.39 is 0 Å². The maximum Gasteiger partial charge on any atom is 0.321 e. The van der Waals surface area contributed by atoms with Crippen LogP contribution in [0.5, 0.6) is 0 Å². The van der Waals surface area contributed by atoms with Crippen LogP contribution in [0.1, 0.15) is 24.2 Å². The molecule has 16 heavy (non-hydrogen) atoms. The van der Waals surface area contributed by atoms with Gasteiger partial charge in [0.1, 0.15) is 0 Å². The zero-order valence-electron chi connectivity index (χ0n) is 8.76. The van der Waals surface area contributed by atoms with Gasteiger partial charge in [0.05, 0.1) is 0 Å². The van der Waals surface area contributed by atoms with Crippen molar-refractivity contribution in [2.45, 2.75) is 25.3 Å². The number of rotatable bonds is 4. The van der Waals surface area contributed by atoms with Gasteiger partial charge in [0.15, 0.2) is 5.82 Å². The zero-order chi connectivity index (χ0) is 10.8. The second-order valence-electron chi connectivity index (χ2n) is 3.97. The van der Waals surface area contributed by atoms with Crippen LogP contribution in [0.2, 0.25) is 0 Å². The van der Waals surface area contributed by atoms with Gasteiger partial charge in [-0.3, -0.25) is 4.98 Å². The molecule has 2 heterocycles. The first-order valence-electron chi connectivity index (χ1n) is 5.38. The number of anilines is 1. The Kier molecular flexibility index (Phi) is 2.29. The molecular weight excluding hydrogens is 204 g/mol. The van der Waals surface area contributed by atoms with Crippen LogP contribution >= 0.6 is 0 Å². The Morgan fingerprint density at radius 2 is 2.12 bits per heavy atom. The van der Waals surface area contributed by atoms with E-state index >= 15 is 0 Å². The molecule has 0 aliphatic heterocycles. The lowest BCUT2D eigenvalue weighted by Crippen LogP contribution is -2.00. The summed E-state index contributed by atoms with van der Waals surface area (Å²) in [5.74, 6) is 0.703. The Bertz CT molecular complexity index is 464. The van der Waals surface area contributed by atoms with Gasteiger partial charge in [-0.1, -0.05) is 5.16 Å². The fourth-order valence-corrected chi connectivity index (χ4v) is 1.47. The van der Waals surface area contributed by atoms with Crippen molar-refractivity contribution >= 4 is 6.01 Å². The third kappa shape index (κ3) is 2.18. The Morgan fingerprint density at radius 1 is 1.31 bits per heavy atom. The predicted molar refractivity (Wildman–Crippen MR) is 58.0 cm³/mol. The zero-order valence-corrected chi connectivity index (χ0v) is 8.76. The fourth-order valence-electron chi connectivity index (χ4n) is 1.47. The van der Waals surface area contributed by atoms with Gasteiger partial charge in [-0.05, 0) is 30.5 Å². The largest absolute Gasteiger partial charge is 0.335 e. The Balaban J connectivity index is 1.67. The van der Waals surface area contributed by atoms with Crippen molar-refractivity contribution in [1.82, 2.24) is 15.1 Å². The SMILES string of the molecule is c1cc(Cc2noc(NC3CC3)n2)ccn1. The number of nitrogens with zero attached hydrogens (tertiary/aromatic N) is 3. The van der Waals surface area contributed by atoms with Crippen molar-refractivity contribution in [3.05, 3.63) is 35.9 Å². The monoisotopic (exact) mass is 216 g/mol. The molecule has 1 aliphatic rings. The lowest BCUT2D eigenvalue weighted by Gasteiger charge is -1.94. The second kappa shape index (κ2) is 3.92. The molecule has 0 unspecified atom stereocenters. The van der Waals surface area contributed by atoms with Gasteiger partial charge < -0.3 is 9.84 Å². The first-order chi connectivity index (χ1) is 7.90. The Morgan fingerprint density at radius 3 is 2.88 bits per heavy atom. The van der Waals surface area contributed by atoms with E-state index in [2.05, 4.69) is 20.4 Å². The van der Waals surface area contributed by atoms with E-state index in [0.717, 1.165) is 5.56 Å². The molecule has 5 nitrogen and oxygen atoms in total. The van der Waals surface area contributed by atoms with E-state index in [1.54, 1.807) is 12.4 Å². The molecule has 1 saturated carbocycles. The molecule has 1 fully saturated rings. The quantitative estimate of drug-likeness (QED) is 0.841. The van der Waals surface area contributed by atoms with Crippen LogP contribution in [0, 0.1) is 0 Å². The molecule has 0 saturated heterocycles. The fraction of sp³-hybridized carbons (Fsp3) is 0.364. The summed E-state index contributed by atoms with van der Waals surface area (Å²) in [6, 6.07) is 4.97. The normalized spacial score (nSPS) is 15.0. The van der Waals surface area contributed by atoms with Crippen molar-refractivity contribution < 1.29 is 4.52 Å². The second-order valence-corrected chi connectivity index (χ2v) is 3.97. The molecule has 0 amide bonds. The van der Waals surface area contributed by atoms with Crippen LogP contribution < -0.4 is 5.32 Å². The third-order valence-electron chi connectivity index (χ3n) is 2.48. The first-order valence-corrected chi connectivity index (χ1v) is 5.38. The smallest absolute Gasteiger partial charge is 0.321 e. The molecule has 2 aromatic heterocycles.